The molecular formula is C15H12Cl2O3. The Morgan fingerprint density at radius 2 is 1.95 bits per heavy atom. The maximum absolute atomic E-state index is 10.9. The van der Waals surface area contributed by atoms with Crippen LogP contribution in [0.3, 0.4) is 0 Å². The van der Waals surface area contributed by atoms with Gasteiger partial charge in [0.2, 0.25) is 0 Å². The van der Waals surface area contributed by atoms with Crippen molar-refractivity contribution in [1.29, 1.82) is 0 Å². The minimum absolute atomic E-state index is 0.266. The van der Waals surface area contributed by atoms with Crippen LogP contribution in [0, 0.1) is 6.92 Å². The molecule has 0 fully saturated rings. The maximum atomic E-state index is 10.9. The zero-order valence-electron chi connectivity index (χ0n) is 10.7. The van der Waals surface area contributed by atoms with E-state index >= 15 is 0 Å². The Morgan fingerprint density at radius 3 is 2.55 bits per heavy atom. The fourth-order valence-electron chi connectivity index (χ4n) is 1.77. The van der Waals surface area contributed by atoms with Crippen LogP contribution in [0.1, 0.15) is 21.5 Å². The number of ether oxygens (including phenoxy) is 1. The normalized spacial score (nSPS) is 10.3. The van der Waals surface area contributed by atoms with Crippen molar-refractivity contribution in [3.05, 3.63) is 63.1 Å². The van der Waals surface area contributed by atoms with E-state index in [0.717, 1.165) is 5.56 Å². The maximum Gasteiger partial charge on any atom is 0.335 e. The highest BCUT2D eigenvalue weighted by Crippen LogP contribution is 2.23. The van der Waals surface area contributed by atoms with Crippen LogP contribution < -0.4 is 4.74 Å². The lowest BCUT2D eigenvalue weighted by Gasteiger charge is -2.09. The highest BCUT2D eigenvalue weighted by Gasteiger charge is 2.08. The molecular weight excluding hydrogens is 299 g/mol. The minimum atomic E-state index is -0.949. The largest absolute Gasteiger partial charge is 0.489 e. The molecule has 0 aromatic heterocycles. The van der Waals surface area contributed by atoms with E-state index in [1.54, 1.807) is 37.3 Å². The molecule has 0 unspecified atom stereocenters. The van der Waals surface area contributed by atoms with Gasteiger partial charge in [0.05, 0.1) is 5.56 Å². The van der Waals surface area contributed by atoms with Gasteiger partial charge >= 0.3 is 5.97 Å². The molecule has 0 saturated heterocycles. The third-order valence-corrected chi connectivity index (χ3v) is 3.42. The number of halogens is 2. The number of hydrogen-bond donors (Lipinski definition) is 1. The number of aryl methyl sites for hydroxylation is 1. The first-order valence-electron chi connectivity index (χ1n) is 5.88. The first-order valence-corrected chi connectivity index (χ1v) is 6.63. The van der Waals surface area contributed by atoms with Crippen LogP contribution >= 0.6 is 23.2 Å². The van der Waals surface area contributed by atoms with Gasteiger partial charge < -0.3 is 9.84 Å². The molecule has 104 valence electrons. The SMILES string of the molecule is Cc1cc(OCc2ccc(Cl)cc2Cl)ccc1C(=O)O. The highest BCUT2D eigenvalue weighted by atomic mass is 35.5. The minimum Gasteiger partial charge on any atom is -0.489 e. The summed E-state index contributed by atoms with van der Waals surface area (Å²) < 4.78 is 5.61. The molecule has 0 aliphatic carbocycles. The number of carboxylic acids is 1. The van der Waals surface area contributed by atoms with Crippen LogP contribution in [0.15, 0.2) is 36.4 Å². The van der Waals surface area contributed by atoms with Gasteiger partial charge in [0.15, 0.2) is 0 Å². The summed E-state index contributed by atoms with van der Waals surface area (Å²) in [6.07, 6.45) is 0. The van der Waals surface area contributed by atoms with Gasteiger partial charge in [-0.15, -0.1) is 0 Å². The molecule has 0 bridgehead atoms. The Kier molecular flexibility index (Phi) is 4.53. The Bertz CT molecular complexity index is 654. The first kappa shape index (κ1) is 14.7. The second-order valence-electron chi connectivity index (χ2n) is 4.31. The van der Waals surface area contributed by atoms with Gasteiger partial charge in [-0.1, -0.05) is 29.3 Å². The molecule has 2 aromatic carbocycles. The first-order chi connectivity index (χ1) is 9.47. The molecule has 5 heteroatoms. The third-order valence-electron chi connectivity index (χ3n) is 2.84. The second-order valence-corrected chi connectivity index (χ2v) is 5.15. The lowest BCUT2D eigenvalue weighted by Crippen LogP contribution is -2.01. The van der Waals surface area contributed by atoms with E-state index < -0.39 is 5.97 Å². The van der Waals surface area contributed by atoms with Gasteiger partial charge in [-0.25, -0.2) is 4.79 Å². The summed E-state index contributed by atoms with van der Waals surface area (Å²) in [4.78, 5) is 10.9. The molecule has 0 amide bonds. The molecule has 0 atom stereocenters. The van der Waals surface area contributed by atoms with Crippen molar-refractivity contribution >= 4 is 29.2 Å². The van der Waals surface area contributed by atoms with Gasteiger partial charge in [0.25, 0.3) is 0 Å². The predicted molar refractivity (Wildman–Crippen MR) is 78.9 cm³/mol. The molecule has 2 rings (SSSR count). The molecule has 0 spiro atoms. The summed E-state index contributed by atoms with van der Waals surface area (Å²) in [5.41, 5.74) is 1.73. The van der Waals surface area contributed by atoms with Gasteiger partial charge in [-0.2, -0.15) is 0 Å². The topological polar surface area (TPSA) is 46.5 Å². The van der Waals surface area contributed by atoms with Crippen LogP contribution in [0.5, 0.6) is 5.75 Å². The summed E-state index contributed by atoms with van der Waals surface area (Å²) in [7, 11) is 0. The number of rotatable bonds is 4. The second kappa shape index (κ2) is 6.16. The zero-order chi connectivity index (χ0) is 14.7. The molecule has 3 nitrogen and oxygen atoms in total. The van der Waals surface area contributed by atoms with Crippen LogP contribution in [-0.2, 0) is 6.61 Å². The zero-order valence-corrected chi connectivity index (χ0v) is 12.2. The van der Waals surface area contributed by atoms with Crippen molar-refractivity contribution in [3.63, 3.8) is 0 Å². The Hall–Kier alpha value is -1.71. The number of benzene rings is 2. The van der Waals surface area contributed by atoms with E-state index in [-0.39, 0.29) is 5.56 Å². The molecule has 20 heavy (non-hydrogen) atoms. The van der Waals surface area contributed by atoms with Crippen molar-refractivity contribution in [2.45, 2.75) is 13.5 Å². The van der Waals surface area contributed by atoms with Crippen molar-refractivity contribution in [1.82, 2.24) is 0 Å². The standard InChI is InChI=1S/C15H12Cl2O3/c1-9-6-12(4-5-13(9)15(18)19)20-8-10-2-3-11(16)7-14(10)17/h2-7H,8H2,1H3,(H,18,19). The van der Waals surface area contributed by atoms with Crippen LogP contribution in [0.4, 0.5) is 0 Å². The van der Waals surface area contributed by atoms with Crippen molar-refractivity contribution in [3.8, 4) is 5.75 Å². The average molecular weight is 311 g/mol. The molecule has 0 saturated carbocycles. The van der Waals surface area contributed by atoms with Gasteiger partial charge in [-0.05, 0) is 42.8 Å². The molecule has 0 radical (unpaired) electrons. The van der Waals surface area contributed by atoms with Crippen molar-refractivity contribution in [2.75, 3.05) is 0 Å². The van der Waals surface area contributed by atoms with Crippen LogP contribution in [-0.4, -0.2) is 11.1 Å². The number of aromatic carboxylic acids is 1. The Morgan fingerprint density at radius 1 is 1.20 bits per heavy atom. The molecule has 0 heterocycles. The number of carboxylic acid groups (broad SMARTS) is 1. The lowest BCUT2D eigenvalue weighted by molar-refractivity contribution is 0.0696. The van der Waals surface area contributed by atoms with E-state index in [0.29, 0.717) is 28.0 Å². The lowest BCUT2D eigenvalue weighted by atomic mass is 10.1. The van der Waals surface area contributed by atoms with Crippen molar-refractivity contribution in [2.24, 2.45) is 0 Å². The highest BCUT2D eigenvalue weighted by molar-refractivity contribution is 6.35. The number of carbonyl (C=O) groups is 1. The summed E-state index contributed by atoms with van der Waals surface area (Å²) in [6.45, 7) is 2.02. The van der Waals surface area contributed by atoms with E-state index in [1.807, 2.05) is 0 Å². The molecule has 0 aliphatic heterocycles. The van der Waals surface area contributed by atoms with E-state index in [4.69, 9.17) is 33.0 Å². The fraction of sp³-hybridized carbons (Fsp3) is 0.133. The monoisotopic (exact) mass is 310 g/mol. The predicted octanol–water partition coefficient (Wildman–Crippen LogP) is 4.58. The summed E-state index contributed by atoms with van der Waals surface area (Å²) in [5, 5.41) is 10.1. The molecule has 2 aromatic rings. The fourth-order valence-corrected chi connectivity index (χ4v) is 2.23. The van der Waals surface area contributed by atoms with E-state index in [2.05, 4.69) is 0 Å². The van der Waals surface area contributed by atoms with Crippen LogP contribution in [0.2, 0.25) is 10.0 Å². The average Bonchev–Trinajstić information content (AvgIpc) is 2.37. The van der Waals surface area contributed by atoms with Crippen molar-refractivity contribution < 1.29 is 14.6 Å². The Balaban J connectivity index is 2.11. The van der Waals surface area contributed by atoms with Gasteiger partial charge in [0, 0.05) is 15.6 Å². The van der Waals surface area contributed by atoms with E-state index in [1.165, 1.54) is 6.07 Å². The third kappa shape index (κ3) is 3.44. The summed E-state index contributed by atoms with van der Waals surface area (Å²) in [5.74, 6) is -0.353. The quantitative estimate of drug-likeness (QED) is 0.899. The molecule has 0 aliphatic rings. The Labute approximate surface area is 126 Å². The van der Waals surface area contributed by atoms with Gasteiger partial charge in [-0.3, -0.25) is 0 Å². The molecule has 1 N–H and O–H groups in total. The summed E-state index contributed by atoms with van der Waals surface area (Å²) >= 11 is 11.9. The van der Waals surface area contributed by atoms with Gasteiger partial charge in [0.1, 0.15) is 12.4 Å². The smallest absolute Gasteiger partial charge is 0.335 e. The van der Waals surface area contributed by atoms with E-state index in [9.17, 15) is 4.79 Å². The number of hydrogen-bond acceptors (Lipinski definition) is 2. The van der Waals surface area contributed by atoms with Crippen LogP contribution in [0.25, 0.3) is 0 Å². The summed E-state index contributed by atoms with van der Waals surface area (Å²) in [6, 6.07) is 10.0.